The number of fused-ring (bicyclic) bond motifs is 3. The van der Waals surface area contributed by atoms with Crippen LogP contribution in [0.1, 0.15) is 43.0 Å². The van der Waals surface area contributed by atoms with Gasteiger partial charge in [-0.15, -0.1) is 0 Å². The minimum Gasteiger partial charge on any atom is -0.349 e. The van der Waals surface area contributed by atoms with E-state index in [-0.39, 0.29) is 12.5 Å². The van der Waals surface area contributed by atoms with Crippen LogP contribution < -0.4 is 10.2 Å². The minimum atomic E-state index is -2.30. The maximum Gasteiger partial charge on any atom is 0.258 e. The molecule has 0 bridgehead atoms. The van der Waals surface area contributed by atoms with E-state index in [1.54, 1.807) is 6.20 Å². The van der Waals surface area contributed by atoms with E-state index in [1.807, 2.05) is 24.1 Å². The molecule has 1 aliphatic heterocycles. The third-order valence-electron chi connectivity index (χ3n) is 6.06. The van der Waals surface area contributed by atoms with Gasteiger partial charge in [-0.1, -0.05) is 0 Å². The summed E-state index contributed by atoms with van der Waals surface area (Å²) >= 11 is 0. The molecule has 1 fully saturated rings. The molecule has 0 unspecified atom stereocenters. The smallest absolute Gasteiger partial charge is 0.258 e. The predicted octanol–water partition coefficient (Wildman–Crippen LogP) is 3.22. The highest BCUT2D eigenvalue weighted by molar-refractivity contribution is 6.08. The van der Waals surface area contributed by atoms with Gasteiger partial charge in [-0.25, -0.2) is 13.8 Å². The average Bonchev–Trinajstić information content (AvgIpc) is 3.18. The first-order valence-corrected chi connectivity index (χ1v) is 10.1. The van der Waals surface area contributed by atoms with Gasteiger partial charge in [0, 0.05) is 30.4 Å². The summed E-state index contributed by atoms with van der Waals surface area (Å²) in [5, 5.41) is 3.87. The Balaban J connectivity index is 1.53. The first-order chi connectivity index (χ1) is 13.6. The first-order valence-electron chi connectivity index (χ1n) is 10.1. The van der Waals surface area contributed by atoms with Crippen LogP contribution >= 0.6 is 0 Å². The molecule has 1 aliphatic carbocycles. The van der Waals surface area contributed by atoms with Crippen molar-refractivity contribution in [3.05, 3.63) is 24.0 Å². The number of carbonyl (C=O) groups is 1. The van der Waals surface area contributed by atoms with Crippen LogP contribution in [0.25, 0.3) is 11.0 Å². The van der Waals surface area contributed by atoms with E-state index in [0.29, 0.717) is 37.3 Å². The number of aromatic amines is 1. The summed E-state index contributed by atoms with van der Waals surface area (Å²) < 4.78 is 24.7. The second-order valence-corrected chi connectivity index (χ2v) is 7.76. The van der Waals surface area contributed by atoms with Crippen molar-refractivity contribution in [3.8, 4) is 0 Å². The lowest BCUT2D eigenvalue weighted by Gasteiger charge is -2.44. The number of anilines is 1. The van der Waals surface area contributed by atoms with Crippen molar-refractivity contribution in [1.82, 2.24) is 20.2 Å². The third kappa shape index (κ3) is 3.57. The Morgan fingerprint density at radius 2 is 2.11 bits per heavy atom. The van der Waals surface area contributed by atoms with Crippen LogP contribution in [0.4, 0.5) is 14.5 Å². The third-order valence-corrected chi connectivity index (χ3v) is 6.06. The number of carbonyl (C=O) groups excluding carboxylic acids is 1. The van der Waals surface area contributed by atoms with Crippen molar-refractivity contribution in [2.75, 3.05) is 31.2 Å². The van der Waals surface area contributed by atoms with Gasteiger partial charge >= 0.3 is 0 Å². The normalized spacial score (nSPS) is 22.9. The number of nitrogens with one attached hydrogen (secondary N) is 2. The molecule has 8 heteroatoms. The molecule has 0 saturated heterocycles. The molecule has 2 aromatic rings. The highest BCUT2D eigenvalue weighted by Crippen LogP contribution is 2.38. The summed E-state index contributed by atoms with van der Waals surface area (Å²) in [5.74, 6) is 0.474. The van der Waals surface area contributed by atoms with E-state index in [9.17, 15) is 13.6 Å². The summed E-state index contributed by atoms with van der Waals surface area (Å²) in [4.78, 5) is 24.6. The average molecular weight is 391 g/mol. The van der Waals surface area contributed by atoms with Crippen LogP contribution in [-0.2, 0) is 0 Å². The lowest BCUT2D eigenvalue weighted by molar-refractivity contribution is 0.0741. The predicted molar refractivity (Wildman–Crippen MR) is 105 cm³/mol. The Bertz CT molecular complexity index is 831. The van der Waals surface area contributed by atoms with Gasteiger partial charge in [-0.3, -0.25) is 4.79 Å². The van der Waals surface area contributed by atoms with Crippen LogP contribution in [0.15, 0.2) is 18.5 Å². The quantitative estimate of drug-likeness (QED) is 0.794. The molecule has 0 radical (unpaired) electrons. The fraction of sp³-hybridized carbons (Fsp3) is 0.600. The summed E-state index contributed by atoms with van der Waals surface area (Å²) in [5.41, 5.74) is 2.45. The molecule has 2 aromatic heterocycles. The Labute approximate surface area is 163 Å². The summed E-state index contributed by atoms with van der Waals surface area (Å²) in [6.07, 6.45) is 5.27. The number of pyridine rings is 1. The number of alkyl halides is 2. The number of rotatable bonds is 6. The maximum atomic E-state index is 12.8. The molecule has 3 heterocycles. The highest BCUT2D eigenvalue weighted by Gasteiger charge is 2.35. The Kier molecular flexibility index (Phi) is 5.48. The fourth-order valence-electron chi connectivity index (χ4n) is 4.55. The zero-order chi connectivity index (χ0) is 19.7. The molecule has 0 atom stereocenters. The zero-order valence-electron chi connectivity index (χ0n) is 16.1. The van der Waals surface area contributed by atoms with Crippen LogP contribution in [0, 0.1) is 5.92 Å². The molecular weight excluding hydrogens is 364 g/mol. The second-order valence-electron chi connectivity index (χ2n) is 7.76. The molecule has 1 amide bonds. The van der Waals surface area contributed by atoms with Crippen LogP contribution in [0.5, 0.6) is 0 Å². The van der Waals surface area contributed by atoms with Gasteiger partial charge < -0.3 is 20.1 Å². The Morgan fingerprint density at radius 1 is 1.32 bits per heavy atom. The molecule has 1 saturated carbocycles. The number of halogens is 2. The summed E-state index contributed by atoms with van der Waals surface area (Å²) in [6, 6.07) is 2.33. The molecule has 28 heavy (non-hydrogen) atoms. The number of nitrogens with zero attached hydrogens (tertiary/aromatic N) is 3. The molecule has 152 valence electrons. The zero-order valence-corrected chi connectivity index (χ0v) is 16.1. The molecule has 4 rings (SSSR count). The van der Waals surface area contributed by atoms with Crippen LogP contribution in [0.3, 0.4) is 0 Å². The molecule has 6 nitrogen and oxygen atoms in total. The number of aromatic nitrogens is 2. The Morgan fingerprint density at radius 3 is 2.82 bits per heavy atom. The lowest BCUT2D eigenvalue weighted by atomic mass is 9.84. The maximum absolute atomic E-state index is 12.8. The van der Waals surface area contributed by atoms with Crippen molar-refractivity contribution in [2.24, 2.45) is 5.92 Å². The van der Waals surface area contributed by atoms with Gasteiger partial charge in [0.1, 0.15) is 5.65 Å². The van der Waals surface area contributed by atoms with E-state index >= 15 is 0 Å². The topological polar surface area (TPSA) is 64.3 Å². The largest absolute Gasteiger partial charge is 0.349 e. The van der Waals surface area contributed by atoms with Crippen molar-refractivity contribution in [1.29, 1.82) is 0 Å². The number of hydrogen-bond acceptors (Lipinski definition) is 4. The molecule has 2 aliphatic rings. The van der Waals surface area contributed by atoms with E-state index in [2.05, 4.69) is 20.2 Å². The summed E-state index contributed by atoms with van der Waals surface area (Å²) in [6.45, 7) is 3.66. The van der Waals surface area contributed by atoms with E-state index < -0.39 is 6.43 Å². The highest BCUT2D eigenvalue weighted by atomic mass is 19.3. The van der Waals surface area contributed by atoms with E-state index in [4.69, 9.17) is 0 Å². The SMILES string of the molecule is CCN1CN(C2CCC(CNCC(F)F)CC2)c2c(cnc3[nH]ccc23)C1=O. The minimum absolute atomic E-state index is 0.0363. The van der Waals surface area contributed by atoms with Gasteiger partial charge in [0.2, 0.25) is 0 Å². The van der Waals surface area contributed by atoms with Gasteiger partial charge in [-0.2, -0.15) is 0 Å². The van der Waals surface area contributed by atoms with Crippen molar-refractivity contribution in [2.45, 2.75) is 45.1 Å². The van der Waals surface area contributed by atoms with Crippen LogP contribution in [0.2, 0.25) is 0 Å². The molecule has 2 N–H and O–H groups in total. The molecule has 0 spiro atoms. The van der Waals surface area contributed by atoms with Crippen molar-refractivity contribution < 1.29 is 13.6 Å². The fourth-order valence-corrected chi connectivity index (χ4v) is 4.55. The van der Waals surface area contributed by atoms with Crippen molar-refractivity contribution in [3.63, 3.8) is 0 Å². The molecule has 0 aromatic carbocycles. The number of amides is 1. The van der Waals surface area contributed by atoms with Crippen molar-refractivity contribution >= 4 is 22.6 Å². The van der Waals surface area contributed by atoms with Gasteiger partial charge in [0.15, 0.2) is 0 Å². The number of hydrogen-bond donors (Lipinski definition) is 2. The van der Waals surface area contributed by atoms with E-state index in [1.165, 1.54) is 0 Å². The van der Waals surface area contributed by atoms with Gasteiger partial charge in [0.05, 0.1) is 24.5 Å². The van der Waals surface area contributed by atoms with Gasteiger partial charge in [-0.05, 0) is 51.1 Å². The number of H-pyrrole nitrogens is 1. The second kappa shape index (κ2) is 8.03. The van der Waals surface area contributed by atoms with Gasteiger partial charge in [0.25, 0.3) is 12.3 Å². The first kappa shape index (κ1) is 19.1. The monoisotopic (exact) mass is 391 g/mol. The standard InChI is InChI=1S/C20H27F2N5O/c1-2-26-12-27(14-5-3-13(4-6-14)9-23-11-17(21)22)18-15-7-8-24-19(15)25-10-16(18)20(26)28/h7-8,10,13-14,17,23H,2-6,9,11-12H2,1H3,(H,24,25). The van der Waals surface area contributed by atoms with Crippen LogP contribution in [-0.4, -0.2) is 59.5 Å². The summed E-state index contributed by atoms with van der Waals surface area (Å²) in [7, 11) is 0. The van der Waals surface area contributed by atoms with E-state index in [0.717, 1.165) is 42.4 Å². The molecular formula is C20H27F2N5O. The Hall–Kier alpha value is -2.22. The lowest BCUT2D eigenvalue weighted by Crippen LogP contribution is -2.51.